The monoisotopic (exact) mass is 389 g/mol. The van der Waals surface area contributed by atoms with Crippen molar-refractivity contribution in [2.45, 2.75) is 12.7 Å². The molecule has 0 fully saturated rings. The Morgan fingerprint density at radius 3 is 2.67 bits per heavy atom. The van der Waals surface area contributed by atoms with Gasteiger partial charge in [0, 0.05) is 17.1 Å². The highest BCUT2D eigenvalue weighted by molar-refractivity contribution is 6.34. The topological polar surface area (TPSA) is 56.5 Å². The highest BCUT2D eigenvalue weighted by Gasteiger charge is 2.34. The number of fused-ring (bicyclic) bond motifs is 1. The molecule has 27 heavy (non-hydrogen) atoms. The van der Waals surface area contributed by atoms with E-state index < -0.39 is 16.8 Å². The van der Waals surface area contributed by atoms with E-state index in [9.17, 15) is 13.2 Å². The molecule has 0 saturated heterocycles. The van der Waals surface area contributed by atoms with E-state index in [1.54, 1.807) is 6.20 Å². The molecule has 0 radical (unpaired) electrons. The summed E-state index contributed by atoms with van der Waals surface area (Å²) in [7, 11) is 0. The smallest absolute Gasteiger partial charge is 0.256 e. The highest BCUT2D eigenvalue weighted by Crippen LogP contribution is 2.39. The molecule has 0 unspecified atom stereocenters. The molecular formula is C18H11ClF3N5. The Morgan fingerprint density at radius 2 is 1.85 bits per heavy atom. The predicted octanol–water partition coefficient (Wildman–Crippen LogP) is 4.61. The number of para-hydroxylation sites is 1. The van der Waals surface area contributed by atoms with Crippen molar-refractivity contribution in [3.05, 3.63) is 70.9 Å². The zero-order chi connectivity index (χ0) is 19.0. The minimum absolute atomic E-state index is 0.116. The number of benzene rings is 2. The van der Waals surface area contributed by atoms with Gasteiger partial charge >= 0.3 is 6.18 Å². The third kappa shape index (κ3) is 3.35. The minimum Gasteiger partial charge on any atom is -0.256 e. The normalized spacial score (nSPS) is 11.9. The van der Waals surface area contributed by atoms with E-state index in [2.05, 4.69) is 20.5 Å². The lowest BCUT2D eigenvalue weighted by Gasteiger charge is -2.12. The summed E-state index contributed by atoms with van der Waals surface area (Å²) < 4.78 is 40.7. The van der Waals surface area contributed by atoms with Crippen molar-refractivity contribution < 1.29 is 13.2 Å². The second kappa shape index (κ2) is 6.62. The van der Waals surface area contributed by atoms with E-state index in [-0.39, 0.29) is 17.9 Å². The summed E-state index contributed by atoms with van der Waals surface area (Å²) in [6, 6.07) is 13.2. The number of hydrogen-bond acceptors (Lipinski definition) is 4. The molecule has 0 atom stereocenters. The van der Waals surface area contributed by atoms with Crippen LogP contribution in [0.3, 0.4) is 0 Å². The fourth-order valence-corrected chi connectivity index (χ4v) is 3.12. The molecule has 0 spiro atoms. The summed E-state index contributed by atoms with van der Waals surface area (Å²) in [5.74, 6) is 0.152. The lowest BCUT2D eigenvalue weighted by Crippen LogP contribution is -2.08. The number of hydrogen-bond donors (Lipinski definition) is 0. The number of nitrogens with zero attached hydrogens (tertiary/aromatic N) is 5. The molecule has 2 heterocycles. The Kier molecular flexibility index (Phi) is 4.27. The average molecular weight is 390 g/mol. The summed E-state index contributed by atoms with van der Waals surface area (Å²) in [4.78, 5) is 4.37. The Bertz CT molecular complexity index is 1120. The predicted molar refractivity (Wildman–Crippen MR) is 94.1 cm³/mol. The SMILES string of the molecule is FC(F)(F)c1cccc(-c2nnnn2Cc2cnc3ccccc3c2)c1Cl. The molecule has 0 aliphatic rings. The lowest BCUT2D eigenvalue weighted by molar-refractivity contribution is -0.137. The maximum atomic E-state index is 13.1. The molecular weight excluding hydrogens is 379 g/mol. The van der Waals surface area contributed by atoms with Gasteiger partial charge in [0.25, 0.3) is 0 Å². The number of aromatic nitrogens is 5. The van der Waals surface area contributed by atoms with Gasteiger partial charge in [-0.15, -0.1) is 5.10 Å². The highest BCUT2D eigenvalue weighted by atomic mass is 35.5. The number of halogens is 4. The molecule has 0 saturated carbocycles. The van der Waals surface area contributed by atoms with Gasteiger partial charge in [0.1, 0.15) is 0 Å². The van der Waals surface area contributed by atoms with Gasteiger partial charge in [0.2, 0.25) is 0 Å². The molecule has 4 rings (SSSR count). The zero-order valence-corrected chi connectivity index (χ0v) is 14.4. The van der Waals surface area contributed by atoms with Crippen molar-refractivity contribution >= 4 is 22.5 Å². The van der Waals surface area contributed by atoms with Gasteiger partial charge in [-0.1, -0.05) is 35.9 Å². The summed E-state index contributed by atoms with van der Waals surface area (Å²) in [5.41, 5.74) is 0.846. The van der Waals surface area contributed by atoms with Crippen molar-refractivity contribution in [2.75, 3.05) is 0 Å². The molecule has 2 aromatic heterocycles. The summed E-state index contributed by atoms with van der Waals surface area (Å²) in [6.45, 7) is 0.243. The second-order valence-electron chi connectivity index (χ2n) is 5.86. The molecule has 0 aliphatic heterocycles. The van der Waals surface area contributed by atoms with Crippen LogP contribution in [0.5, 0.6) is 0 Å². The van der Waals surface area contributed by atoms with Crippen molar-refractivity contribution in [3.63, 3.8) is 0 Å². The molecule has 136 valence electrons. The van der Waals surface area contributed by atoms with Crippen molar-refractivity contribution in [2.24, 2.45) is 0 Å². The maximum absolute atomic E-state index is 13.1. The van der Waals surface area contributed by atoms with E-state index in [4.69, 9.17) is 11.6 Å². The number of tetrazole rings is 1. The largest absolute Gasteiger partial charge is 0.417 e. The summed E-state index contributed by atoms with van der Waals surface area (Å²) in [5, 5.41) is 11.9. The third-order valence-electron chi connectivity index (χ3n) is 4.06. The first kappa shape index (κ1) is 17.4. The third-order valence-corrected chi connectivity index (χ3v) is 4.46. The van der Waals surface area contributed by atoms with Crippen LogP contribution in [0.25, 0.3) is 22.3 Å². The zero-order valence-electron chi connectivity index (χ0n) is 13.7. The molecule has 5 nitrogen and oxygen atoms in total. The van der Waals surface area contributed by atoms with E-state index in [1.807, 2.05) is 30.3 Å². The summed E-state index contributed by atoms with van der Waals surface area (Å²) in [6.07, 6.45) is -2.88. The molecule has 2 aromatic carbocycles. The Labute approximate surface area is 156 Å². The first-order chi connectivity index (χ1) is 12.9. The van der Waals surface area contributed by atoms with E-state index >= 15 is 0 Å². The van der Waals surface area contributed by atoms with Crippen molar-refractivity contribution in [1.29, 1.82) is 0 Å². The van der Waals surface area contributed by atoms with Crippen LogP contribution in [-0.4, -0.2) is 25.2 Å². The van der Waals surface area contributed by atoms with Crippen LogP contribution in [0.15, 0.2) is 54.7 Å². The van der Waals surface area contributed by atoms with Gasteiger partial charge in [0.15, 0.2) is 5.82 Å². The fourth-order valence-electron chi connectivity index (χ4n) is 2.80. The van der Waals surface area contributed by atoms with E-state index in [0.717, 1.165) is 22.5 Å². The number of pyridine rings is 1. The second-order valence-corrected chi connectivity index (χ2v) is 6.24. The van der Waals surface area contributed by atoms with Crippen LogP contribution in [0, 0.1) is 0 Å². The van der Waals surface area contributed by atoms with E-state index in [1.165, 1.54) is 16.8 Å². The van der Waals surface area contributed by atoms with Crippen LogP contribution in [0.1, 0.15) is 11.1 Å². The molecule has 0 aliphatic carbocycles. The first-order valence-corrected chi connectivity index (χ1v) is 8.27. The Morgan fingerprint density at radius 1 is 1.04 bits per heavy atom. The lowest BCUT2D eigenvalue weighted by atomic mass is 10.1. The first-order valence-electron chi connectivity index (χ1n) is 7.89. The van der Waals surface area contributed by atoms with Crippen LogP contribution in [0.2, 0.25) is 5.02 Å². The van der Waals surface area contributed by atoms with E-state index in [0.29, 0.717) is 0 Å². The Hall–Kier alpha value is -3.00. The van der Waals surface area contributed by atoms with Gasteiger partial charge < -0.3 is 0 Å². The van der Waals surface area contributed by atoms with Gasteiger partial charge in [-0.2, -0.15) is 13.2 Å². The molecule has 0 bridgehead atoms. The van der Waals surface area contributed by atoms with Crippen molar-refractivity contribution in [3.8, 4) is 11.4 Å². The van der Waals surface area contributed by atoms with Crippen LogP contribution in [-0.2, 0) is 12.7 Å². The van der Waals surface area contributed by atoms with Gasteiger partial charge in [-0.25, -0.2) is 4.68 Å². The maximum Gasteiger partial charge on any atom is 0.417 e. The van der Waals surface area contributed by atoms with Crippen LogP contribution in [0.4, 0.5) is 13.2 Å². The Balaban J connectivity index is 1.73. The van der Waals surface area contributed by atoms with Crippen LogP contribution < -0.4 is 0 Å². The number of alkyl halides is 3. The summed E-state index contributed by atoms with van der Waals surface area (Å²) >= 11 is 6.00. The van der Waals surface area contributed by atoms with Gasteiger partial charge in [-0.3, -0.25) is 4.98 Å². The fraction of sp³-hybridized carbons (Fsp3) is 0.111. The standard InChI is InChI=1S/C18H11ClF3N5/c19-16-13(5-3-6-14(16)18(20,21)22)17-24-25-26-27(17)10-11-8-12-4-1-2-7-15(12)23-9-11/h1-9H,10H2. The molecule has 0 amide bonds. The quantitative estimate of drug-likeness (QED) is 0.513. The van der Waals surface area contributed by atoms with Gasteiger partial charge in [-0.05, 0) is 40.3 Å². The molecule has 9 heteroatoms. The molecule has 4 aromatic rings. The average Bonchev–Trinajstić information content (AvgIpc) is 3.08. The van der Waals surface area contributed by atoms with Crippen molar-refractivity contribution in [1.82, 2.24) is 25.2 Å². The minimum atomic E-state index is -4.56. The number of rotatable bonds is 3. The molecule has 0 N–H and O–H groups in total. The van der Waals surface area contributed by atoms with Crippen LogP contribution >= 0.6 is 11.6 Å². The van der Waals surface area contributed by atoms with Gasteiger partial charge in [0.05, 0.1) is 22.6 Å².